The standard InChI is InChI=1S/C12H15N3O/c13-6-11-3-4-12(7-14-11)15-5-1-2-10(8-15)9-16/h3-4,7,10,16H,1-2,5,8-9H2. The molecule has 0 saturated carbocycles. The lowest BCUT2D eigenvalue weighted by Gasteiger charge is -2.33. The number of aliphatic hydroxyl groups is 1. The van der Waals surface area contributed by atoms with E-state index < -0.39 is 0 Å². The lowest BCUT2D eigenvalue weighted by molar-refractivity contribution is 0.208. The first-order valence-electron chi connectivity index (χ1n) is 5.55. The van der Waals surface area contributed by atoms with E-state index in [0.29, 0.717) is 11.6 Å². The minimum atomic E-state index is 0.250. The summed E-state index contributed by atoms with van der Waals surface area (Å²) in [6.45, 7) is 2.13. The summed E-state index contributed by atoms with van der Waals surface area (Å²) in [6, 6.07) is 5.66. The van der Waals surface area contributed by atoms with Gasteiger partial charge in [0.05, 0.1) is 11.9 Å². The van der Waals surface area contributed by atoms with Gasteiger partial charge in [0.25, 0.3) is 0 Å². The summed E-state index contributed by atoms with van der Waals surface area (Å²) in [7, 11) is 0. The molecule has 0 aromatic carbocycles. The third-order valence-corrected chi connectivity index (χ3v) is 3.00. The van der Waals surface area contributed by atoms with Crippen molar-refractivity contribution in [2.45, 2.75) is 12.8 Å². The van der Waals surface area contributed by atoms with Crippen LogP contribution in [0.2, 0.25) is 0 Å². The van der Waals surface area contributed by atoms with Crippen LogP contribution < -0.4 is 4.90 Å². The topological polar surface area (TPSA) is 60.2 Å². The van der Waals surface area contributed by atoms with Gasteiger partial charge in [-0.25, -0.2) is 4.98 Å². The molecule has 1 saturated heterocycles. The number of hydrogen-bond acceptors (Lipinski definition) is 4. The second kappa shape index (κ2) is 4.95. The van der Waals surface area contributed by atoms with Crippen molar-refractivity contribution in [3.63, 3.8) is 0 Å². The highest BCUT2D eigenvalue weighted by molar-refractivity contribution is 5.46. The summed E-state index contributed by atoms with van der Waals surface area (Å²) in [5.74, 6) is 0.365. The second-order valence-electron chi connectivity index (χ2n) is 4.15. The highest BCUT2D eigenvalue weighted by Gasteiger charge is 2.19. The van der Waals surface area contributed by atoms with Gasteiger partial charge in [-0.3, -0.25) is 0 Å². The van der Waals surface area contributed by atoms with E-state index in [1.165, 1.54) is 0 Å². The fraction of sp³-hybridized carbons (Fsp3) is 0.500. The van der Waals surface area contributed by atoms with Crippen LogP contribution >= 0.6 is 0 Å². The van der Waals surface area contributed by atoms with E-state index in [1.54, 1.807) is 12.3 Å². The fourth-order valence-electron chi connectivity index (χ4n) is 2.09. The Hall–Kier alpha value is -1.60. The largest absolute Gasteiger partial charge is 0.396 e. The molecule has 84 valence electrons. The summed E-state index contributed by atoms with van der Waals surface area (Å²) in [6.07, 6.45) is 3.93. The number of piperidine rings is 1. The number of aromatic nitrogens is 1. The average Bonchev–Trinajstić information content (AvgIpc) is 2.39. The van der Waals surface area contributed by atoms with Gasteiger partial charge in [0, 0.05) is 19.7 Å². The van der Waals surface area contributed by atoms with Crippen molar-refractivity contribution in [2.75, 3.05) is 24.6 Å². The van der Waals surface area contributed by atoms with E-state index in [0.717, 1.165) is 31.6 Å². The van der Waals surface area contributed by atoms with Crippen molar-refractivity contribution in [3.8, 4) is 6.07 Å². The van der Waals surface area contributed by atoms with E-state index in [1.807, 2.05) is 12.1 Å². The minimum Gasteiger partial charge on any atom is -0.396 e. The number of aliphatic hydroxyl groups excluding tert-OH is 1. The fourth-order valence-corrected chi connectivity index (χ4v) is 2.09. The first kappa shape index (κ1) is 10.9. The summed E-state index contributed by atoms with van der Waals surface area (Å²) in [4.78, 5) is 6.28. The van der Waals surface area contributed by atoms with Crippen molar-refractivity contribution < 1.29 is 5.11 Å². The zero-order valence-corrected chi connectivity index (χ0v) is 9.13. The first-order valence-corrected chi connectivity index (χ1v) is 5.55. The van der Waals surface area contributed by atoms with Crippen LogP contribution in [0.4, 0.5) is 5.69 Å². The normalized spacial score (nSPS) is 20.5. The number of nitriles is 1. The molecule has 1 N–H and O–H groups in total. The maximum atomic E-state index is 9.15. The molecule has 0 spiro atoms. The number of pyridine rings is 1. The van der Waals surface area contributed by atoms with Crippen LogP contribution in [-0.4, -0.2) is 29.8 Å². The third kappa shape index (κ3) is 2.31. The summed E-state index contributed by atoms with van der Waals surface area (Å²) >= 11 is 0. The Balaban J connectivity index is 2.08. The monoisotopic (exact) mass is 217 g/mol. The Morgan fingerprint density at radius 1 is 1.56 bits per heavy atom. The van der Waals surface area contributed by atoms with Gasteiger partial charge in [0.1, 0.15) is 11.8 Å². The van der Waals surface area contributed by atoms with Gasteiger partial charge in [-0.1, -0.05) is 0 Å². The molecule has 4 heteroatoms. The van der Waals surface area contributed by atoms with Gasteiger partial charge >= 0.3 is 0 Å². The Labute approximate surface area is 95.1 Å². The first-order chi connectivity index (χ1) is 7.83. The van der Waals surface area contributed by atoms with Crippen LogP contribution in [0.1, 0.15) is 18.5 Å². The summed E-state index contributed by atoms with van der Waals surface area (Å²) < 4.78 is 0. The van der Waals surface area contributed by atoms with E-state index in [9.17, 15) is 0 Å². The molecule has 0 aliphatic carbocycles. The van der Waals surface area contributed by atoms with Gasteiger partial charge in [-0.15, -0.1) is 0 Å². The second-order valence-corrected chi connectivity index (χ2v) is 4.15. The maximum absolute atomic E-state index is 9.15. The smallest absolute Gasteiger partial charge is 0.140 e. The molecule has 0 radical (unpaired) electrons. The van der Waals surface area contributed by atoms with Crippen LogP contribution in [0, 0.1) is 17.2 Å². The average molecular weight is 217 g/mol. The third-order valence-electron chi connectivity index (χ3n) is 3.00. The minimum absolute atomic E-state index is 0.250. The molecule has 1 aliphatic rings. The molecule has 1 aromatic rings. The molecule has 1 aromatic heterocycles. The zero-order valence-electron chi connectivity index (χ0n) is 9.13. The van der Waals surface area contributed by atoms with Crippen molar-refractivity contribution in [3.05, 3.63) is 24.0 Å². The Bertz CT molecular complexity index is 382. The van der Waals surface area contributed by atoms with E-state index in [-0.39, 0.29) is 6.61 Å². The molecule has 1 aliphatic heterocycles. The quantitative estimate of drug-likeness (QED) is 0.807. The van der Waals surface area contributed by atoms with Gasteiger partial charge in [0.15, 0.2) is 0 Å². The zero-order chi connectivity index (χ0) is 11.4. The van der Waals surface area contributed by atoms with Crippen LogP contribution in [0.5, 0.6) is 0 Å². The molecule has 2 rings (SSSR count). The molecule has 1 unspecified atom stereocenters. The van der Waals surface area contributed by atoms with Crippen molar-refractivity contribution in [1.82, 2.24) is 4.98 Å². The number of hydrogen-bond donors (Lipinski definition) is 1. The number of anilines is 1. The predicted molar refractivity (Wildman–Crippen MR) is 61.0 cm³/mol. The molecule has 0 amide bonds. The van der Waals surface area contributed by atoms with Crippen LogP contribution in [-0.2, 0) is 0 Å². The highest BCUT2D eigenvalue weighted by atomic mass is 16.3. The molecule has 1 atom stereocenters. The highest BCUT2D eigenvalue weighted by Crippen LogP contribution is 2.22. The Morgan fingerprint density at radius 3 is 3.06 bits per heavy atom. The van der Waals surface area contributed by atoms with E-state index in [2.05, 4.69) is 9.88 Å². The van der Waals surface area contributed by atoms with Crippen molar-refractivity contribution in [1.29, 1.82) is 5.26 Å². The van der Waals surface area contributed by atoms with Crippen LogP contribution in [0.25, 0.3) is 0 Å². The predicted octanol–water partition coefficient (Wildman–Crippen LogP) is 1.16. The molecule has 4 nitrogen and oxygen atoms in total. The van der Waals surface area contributed by atoms with Crippen molar-refractivity contribution in [2.24, 2.45) is 5.92 Å². The lowest BCUT2D eigenvalue weighted by Crippen LogP contribution is -2.36. The Kier molecular flexibility index (Phi) is 3.37. The number of nitrogens with zero attached hydrogens (tertiary/aromatic N) is 3. The Morgan fingerprint density at radius 2 is 2.44 bits per heavy atom. The molecule has 16 heavy (non-hydrogen) atoms. The molecule has 1 fully saturated rings. The molecular weight excluding hydrogens is 202 g/mol. The summed E-state index contributed by atoms with van der Waals surface area (Å²) in [5.41, 5.74) is 1.48. The van der Waals surface area contributed by atoms with E-state index >= 15 is 0 Å². The molecular formula is C12H15N3O. The number of rotatable bonds is 2. The van der Waals surface area contributed by atoms with Crippen LogP contribution in [0.15, 0.2) is 18.3 Å². The molecule has 2 heterocycles. The molecule has 0 bridgehead atoms. The van der Waals surface area contributed by atoms with Crippen LogP contribution in [0.3, 0.4) is 0 Å². The lowest BCUT2D eigenvalue weighted by atomic mass is 9.99. The van der Waals surface area contributed by atoms with Gasteiger partial charge in [-0.2, -0.15) is 5.26 Å². The van der Waals surface area contributed by atoms with Gasteiger partial charge in [-0.05, 0) is 30.9 Å². The van der Waals surface area contributed by atoms with Gasteiger partial charge < -0.3 is 10.0 Å². The summed E-state index contributed by atoms with van der Waals surface area (Å²) in [5, 5.41) is 17.8. The SMILES string of the molecule is N#Cc1ccc(N2CCCC(CO)C2)cn1. The van der Waals surface area contributed by atoms with Crippen molar-refractivity contribution >= 4 is 5.69 Å². The van der Waals surface area contributed by atoms with E-state index in [4.69, 9.17) is 10.4 Å². The van der Waals surface area contributed by atoms with Gasteiger partial charge in [0.2, 0.25) is 0 Å². The maximum Gasteiger partial charge on any atom is 0.140 e.